The second kappa shape index (κ2) is 6.64. The number of rotatable bonds is 2. The van der Waals surface area contributed by atoms with Crippen molar-refractivity contribution in [1.29, 1.82) is 0 Å². The Balaban J connectivity index is 1.62. The minimum atomic E-state index is -3.61. The molecule has 3 aliphatic rings. The van der Waals surface area contributed by atoms with Gasteiger partial charge in [0.25, 0.3) is 0 Å². The maximum atomic E-state index is 13.6. The summed E-state index contributed by atoms with van der Waals surface area (Å²) in [5.41, 5.74) is 4.37. The van der Waals surface area contributed by atoms with Crippen LogP contribution in [0.3, 0.4) is 0 Å². The van der Waals surface area contributed by atoms with Gasteiger partial charge in [0.2, 0.25) is 16.8 Å². The highest BCUT2D eigenvalue weighted by Gasteiger charge is 2.37. The monoisotopic (exact) mass is 397 g/mol. The summed E-state index contributed by atoms with van der Waals surface area (Å²) in [5, 5.41) is 0. The van der Waals surface area contributed by atoms with Crippen molar-refractivity contribution in [2.75, 3.05) is 6.79 Å². The van der Waals surface area contributed by atoms with E-state index < -0.39 is 10.0 Å². The first-order valence-electron chi connectivity index (χ1n) is 9.71. The molecular weight excluding hydrogens is 374 g/mol. The van der Waals surface area contributed by atoms with Crippen molar-refractivity contribution in [3.05, 3.63) is 64.7 Å². The van der Waals surface area contributed by atoms with Crippen LogP contribution in [0.2, 0.25) is 0 Å². The van der Waals surface area contributed by atoms with E-state index in [1.165, 1.54) is 5.57 Å². The molecule has 0 N–H and O–H groups in total. The van der Waals surface area contributed by atoms with Crippen molar-refractivity contribution in [2.45, 2.75) is 50.1 Å². The van der Waals surface area contributed by atoms with Crippen molar-refractivity contribution < 1.29 is 17.9 Å². The summed E-state index contributed by atoms with van der Waals surface area (Å²) in [6, 6.07) is 11.0. The molecule has 2 aromatic rings. The van der Waals surface area contributed by atoms with Crippen LogP contribution in [0.5, 0.6) is 11.5 Å². The quantitative estimate of drug-likeness (QED) is 0.720. The molecule has 28 heavy (non-hydrogen) atoms. The molecule has 0 radical (unpaired) electrons. The minimum absolute atomic E-state index is 0.0934. The lowest BCUT2D eigenvalue weighted by Crippen LogP contribution is -2.41. The predicted octanol–water partition coefficient (Wildman–Crippen LogP) is 3.95. The van der Waals surface area contributed by atoms with E-state index in [1.807, 2.05) is 31.2 Å². The smallest absolute Gasteiger partial charge is 0.243 e. The fraction of sp³-hybridized carbons (Fsp3) is 0.364. The van der Waals surface area contributed by atoms with Gasteiger partial charge in [-0.15, -0.1) is 0 Å². The fourth-order valence-electron chi connectivity index (χ4n) is 4.37. The summed E-state index contributed by atoms with van der Waals surface area (Å²) in [5.74, 6) is 1.45. The van der Waals surface area contributed by atoms with E-state index in [0.717, 1.165) is 48.1 Å². The zero-order valence-electron chi connectivity index (χ0n) is 15.8. The third kappa shape index (κ3) is 2.91. The van der Waals surface area contributed by atoms with E-state index in [2.05, 4.69) is 6.08 Å². The van der Waals surface area contributed by atoms with Crippen molar-refractivity contribution >= 4 is 10.0 Å². The first-order valence-corrected chi connectivity index (χ1v) is 11.2. The number of ether oxygens (including phenoxy) is 2. The van der Waals surface area contributed by atoms with E-state index in [-0.39, 0.29) is 12.8 Å². The Morgan fingerprint density at radius 2 is 1.75 bits per heavy atom. The average Bonchev–Trinajstić information content (AvgIpc) is 3.07. The third-order valence-electron chi connectivity index (χ3n) is 5.91. The van der Waals surface area contributed by atoms with Gasteiger partial charge >= 0.3 is 0 Å². The van der Waals surface area contributed by atoms with E-state index in [0.29, 0.717) is 17.2 Å². The van der Waals surface area contributed by atoms with Gasteiger partial charge in [-0.3, -0.25) is 0 Å². The third-order valence-corrected chi connectivity index (χ3v) is 7.78. The van der Waals surface area contributed by atoms with E-state index >= 15 is 0 Å². The number of nitrogens with zero attached hydrogens (tertiary/aromatic N) is 1. The summed E-state index contributed by atoms with van der Waals surface area (Å²) in [4.78, 5) is 0.354. The van der Waals surface area contributed by atoms with Gasteiger partial charge < -0.3 is 9.47 Å². The number of allylic oxidation sites excluding steroid dienone is 1. The Morgan fingerprint density at radius 1 is 1.04 bits per heavy atom. The lowest BCUT2D eigenvalue weighted by Gasteiger charge is -2.33. The summed E-state index contributed by atoms with van der Waals surface area (Å²) in [6.45, 7) is 2.53. The van der Waals surface area contributed by atoms with Crippen molar-refractivity contribution in [3.63, 3.8) is 0 Å². The molecule has 2 aliphatic heterocycles. The summed E-state index contributed by atoms with van der Waals surface area (Å²) >= 11 is 0. The molecule has 0 saturated carbocycles. The van der Waals surface area contributed by atoms with Gasteiger partial charge in [0.1, 0.15) is 0 Å². The largest absolute Gasteiger partial charge is 0.454 e. The Bertz CT molecular complexity index is 1060. The highest BCUT2D eigenvalue weighted by molar-refractivity contribution is 7.89. The molecule has 0 spiro atoms. The van der Waals surface area contributed by atoms with Crippen LogP contribution in [0.4, 0.5) is 0 Å². The molecule has 5 rings (SSSR count). The van der Waals surface area contributed by atoms with Crippen LogP contribution in [-0.4, -0.2) is 25.6 Å². The molecule has 1 aliphatic carbocycles. The van der Waals surface area contributed by atoms with Crippen LogP contribution >= 0.6 is 0 Å². The Kier molecular flexibility index (Phi) is 4.21. The summed E-state index contributed by atoms with van der Waals surface area (Å²) in [7, 11) is -3.61. The van der Waals surface area contributed by atoms with Gasteiger partial charge in [-0.2, -0.15) is 4.31 Å². The highest BCUT2D eigenvalue weighted by atomic mass is 32.2. The molecule has 1 atom stereocenters. The van der Waals surface area contributed by atoms with Gasteiger partial charge in [-0.25, -0.2) is 8.42 Å². The van der Waals surface area contributed by atoms with Crippen molar-refractivity contribution in [2.24, 2.45) is 0 Å². The molecule has 0 bridgehead atoms. The maximum Gasteiger partial charge on any atom is 0.243 e. The Hall–Kier alpha value is -2.31. The molecule has 5 nitrogen and oxygen atoms in total. The molecular formula is C22H23NO4S. The normalized spacial score (nSPS) is 21.5. The first-order chi connectivity index (χ1) is 13.5. The second-order valence-electron chi connectivity index (χ2n) is 7.74. The fourth-order valence-corrected chi connectivity index (χ4v) is 6.01. The number of benzene rings is 2. The van der Waals surface area contributed by atoms with E-state index in [1.54, 1.807) is 16.4 Å². The standard InChI is InChI=1S/C22H23NO4S/c1-15-6-8-19(9-7-15)28(24,25)23-13-18-12-22-21(26-14-27-22)11-17(18)10-16-4-2-3-5-20(16)23/h4,6-9,11-12,20H,2-3,5,10,13-14H2,1H3/t20-/m0/s1. The summed E-state index contributed by atoms with van der Waals surface area (Å²) < 4.78 is 40.0. The zero-order valence-corrected chi connectivity index (χ0v) is 16.7. The number of sulfonamides is 1. The minimum Gasteiger partial charge on any atom is -0.454 e. The van der Waals surface area contributed by atoms with Gasteiger partial charge in [-0.1, -0.05) is 29.3 Å². The topological polar surface area (TPSA) is 55.8 Å². The van der Waals surface area contributed by atoms with Gasteiger partial charge in [0.15, 0.2) is 11.5 Å². The molecule has 2 aromatic carbocycles. The molecule has 0 unspecified atom stereocenters. The van der Waals surface area contributed by atoms with E-state index in [4.69, 9.17) is 9.47 Å². The Morgan fingerprint density at radius 3 is 2.50 bits per heavy atom. The predicted molar refractivity (Wildman–Crippen MR) is 106 cm³/mol. The molecule has 146 valence electrons. The van der Waals surface area contributed by atoms with Gasteiger partial charge in [-0.05, 0) is 68.0 Å². The second-order valence-corrected chi connectivity index (χ2v) is 9.63. The van der Waals surface area contributed by atoms with Crippen LogP contribution in [0, 0.1) is 6.92 Å². The first kappa shape index (κ1) is 17.8. The molecule has 0 fully saturated rings. The van der Waals surface area contributed by atoms with Crippen LogP contribution in [0.15, 0.2) is 52.9 Å². The average molecular weight is 397 g/mol. The van der Waals surface area contributed by atoms with Crippen LogP contribution in [0.25, 0.3) is 0 Å². The molecule has 2 heterocycles. The lowest BCUT2D eigenvalue weighted by atomic mass is 9.90. The van der Waals surface area contributed by atoms with Gasteiger partial charge in [0.05, 0.1) is 4.90 Å². The Labute approximate surface area is 165 Å². The number of fused-ring (bicyclic) bond motifs is 3. The van der Waals surface area contributed by atoms with Crippen molar-refractivity contribution in [3.8, 4) is 11.5 Å². The van der Waals surface area contributed by atoms with Crippen LogP contribution < -0.4 is 9.47 Å². The maximum absolute atomic E-state index is 13.6. The number of hydrogen-bond donors (Lipinski definition) is 0. The molecule has 0 saturated heterocycles. The molecule has 0 amide bonds. The number of aryl methyl sites for hydroxylation is 1. The van der Waals surface area contributed by atoms with Gasteiger partial charge in [0, 0.05) is 12.6 Å². The zero-order chi connectivity index (χ0) is 19.3. The SMILES string of the molecule is Cc1ccc(S(=O)(=O)N2Cc3cc4c(cc3CC3=CCCC[C@@H]32)OCO4)cc1. The van der Waals surface area contributed by atoms with Crippen LogP contribution in [-0.2, 0) is 23.0 Å². The van der Waals surface area contributed by atoms with Crippen molar-refractivity contribution in [1.82, 2.24) is 4.31 Å². The van der Waals surface area contributed by atoms with Crippen LogP contribution in [0.1, 0.15) is 36.0 Å². The molecule has 0 aromatic heterocycles. The lowest BCUT2D eigenvalue weighted by molar-refractivity contribution is 0.174. The summed E-state index contributed by atoms with van der Waals surface area (Å²) in [6.07, 6.45) is 5.86. The number of hydrogen-bond acceptors (Lipinski definition) is 4. The highest BCUT2D eigenvalue weighted by Crippen LogP contribution is 2.41. The van der Waals surface area contributed by atoms with E-state index in [9.17, 15) is 8.42 Å². The molecule has 6 heteroatoms.